The number of hydrogen-bond acceptors (Lipinski definition) is 4. The molecule has 2 aliphatic carbocycles. The predicted octanol–water partition coefficient (Wildman–Crippen LogP) is 4.07. The largest absolute Gasteiger partial charge is 0.427 e. The number of carbonyl (C=O) groups excluding carboxylic acids is 2. The van der Waals surface area contributed by atoms with E-state index >= 15 is 0 Å². The molecule has 0 aliphatic heterocycles. The van der Waals surface area contributed by atoms with Crippen LogP contribution in [0.25, 0.3) is 0 Å². The van der Waals surface area contributed by atoms with Crippen molar-refractivity contribution in [2.24, 2.45) is 17.8 Å². The summed E-state index contributed by atoms with van der Waals surface area (Å²) >= 11 is 0. The van der Waals surface area contributed by atoms with E-state index in [0.29, 0.717) is 35.3 Å². The molecule has 4 rings (SSSR count). The summed E-state index contributed by atoms with van der Waals surface area (Å²) in [5.41, 5.74) is 1.14. The van der Waals surface area contributed by atoms with Gasteiger partial charge in [-0.05, 0) is 73.4 Å². The Morgan fingerprint density at radius 1 is 1.12 bits per heavy atom. The van der Waals surface area contributed by atoms with Gasteiger partial charge in [-0.15, -0.1) is 0 Å². The highest BCUT2D eigenvalue weighted by Crippen LogP contribution is 2.49. The molecule has 26 heavy (non-hydrogen) atoms. The molecule has 2 saturated carbocycles. The van der Waals surface area contributed by atoms with Gasteiger partial charge in [0.2, 0.25) is 0 Å². The molecule has 0 saturated heterocycles. The summed E-state index contributed by atoms with van der Waals surface area (Å²) in [6.45, 7) is 0. The second kappa shape index (κ2) is 7.28. The number of nitrogens with zero attached hydrogens (tertiary/aromatic N) is 1. The number of carbonyl (C=O) groups is 2. The summed E-state index contributed by atoms with van der Waals surface area (Å²) in [5.74, 6) is 2.12. The number of ether oxygens (including phenoxy) is 1. The Balaban J connectivity index is 1.31. The molecule has 1 aromatic carbocycles. The van der Waals surface area contributed by atoms with Crippen LogP contribution in [0.15, 0.2) is 48.8 Å². The van der Waals surface area contributed by atoms with Crippen molar-refractivity contribution in [2.75, 3.05) is 5.32 Å². The van der Waals surface area contributed by atoms with Crippen LogP contribution < -0.4 is 10.1 Å². The van der Waals surface area contributed by atoms with E-state index in [2.05, 4.69) is 10.3 Å². The van der Waals surface area contributed by atoms with Crippen LogP contribution in [0.5, 0.6) is 5.75 Å². The zero-order valence-electron chi connectivity index (χ0n) is 14.6. The first-order chi connectivity index (χ1) is 12.7. The summed E-state index contributed by atoms with van der Waals surface area (Å²) in [6.07, 6.45) is 8.80. The van der Waals surface area contributed by atoms with Gasteiger partial charge in [-0.2, -0.15) is 0 Å². The van der Waals surface area contributed by atoms with Crippen LogP contribution in [-0.2, 0) is 4.79 Å². The maximum atomic E-state index is 12.2. The maximum absolute atomic E-state index is 12.2. The lowest BCUT2D eigenvalue weighted by Gasteiger charge is -2.20. The van der Waals surface area contributed by atoms with Crippen molar-refractivity contribution in [1.29, 1.82) is 0 Å². The molecule has 5 heteroatoms. The first kappa shape index (κ1) is 16.8. The molecular formula is C21H22N2O3. The summed E-state index contributed by atoms with van der Waals surface area (Å²) in [4.78, 5) is 28.4. The monoisotopic (exact) mass is 350 g/mol. The zero-order chi connectivity index (χ0) is 17.9. The van der Waals surface area contributed by atoms with Gasteiger partial charge in [0.25, 0.3) is 5.91 Å². The number of amides is 1. The number of anilines is 1. The molecule has 5 nitrogen and oxygen atoms in total. The molecule has 1 amide bonds. The fourth-order valence-electron chi connectivity index (χ4n) is 4.33. The number of nitrogens with one attached hydrogen (secondary N) is 1. The average molecular weight is 350 g/mol. The highest BCUT2D eigenvalue weighted by molar-refractivity contribution is 6.04. The van der Waals surface area contributed by atoms with Crippen LogP contribution in [0.3, 0.4) is 0 Å². The lowest BCUT2D eigenvalue weighted by molar-refractivity contribution is -0.135. The van der Waals surface area contributed by atoms with Gasteiger partial charge in [-0.1, -0.05) is 6.42 Å². The summed E-state index contributed by atoms with van der Waals surface area (Å²) in [6, 6.07) is 10.2. The van der Waals surface area contributed by atoms with Gasteiger partial charge in [-0.3, -0.25) is 14.6 Å². The Kier molecular flexibility index (Phi) is 4.69. The van der Waals surface area contributed by atoms with Crippen molar-refractivity contribution in [1.82, 2.24) is 4.98 Å². The molecule has 134 valence electrons. The fraction of sp³-hybridized carbons (Fsp3) is 0.381. The fourth-order valence-corrected chi connectivity index (χ4v) is 4.33. The van der Waals surface area contributed by atoms with Crippen molar-refractivity contribution in [3.05, 3.63) is 54.4 Å². The Morgan fingerprint density at radius 2 is 1.96 bits per heavy atom. The second-order valence-corrected chi connectivity index (χ2v) is 7.33. The number of benzene rings is 1. The molecule has 0 radical (unpaired) electrons. The van der Waals surface area contributed by atoms with Gasteiger partial charge in [0.05, 0.1) is 11.9 Å². The maximum Gasteiger partial charge on any atom is 0.311 e. The number of pyridine rings is 1. The molecule has 0 unspecified atom stereocenters. The van der Waals surface area contributed by atoms with Gasteiger partial charge in [0.15, 0.2) is 0 Å². The van der Waals surface area contributed by atoms with Crippen LogP contribution in [-0.4, -0.2) is 16.9 Å². The molecule has 2 aromatic rings. The Morgan fingerprint density at radius 3 is 2.62 bits per heavy atom. The summed E-state index contributed by atoms with van der Waals surface area (Å²) in [7, 11) is 0. The first-order valence-corrected chi connectivity index (χ1v) is 9.19. The summed E-state index contributed by atoms with van der Waals surface area (Å²) < 4.78 is 5.46. The lowest BCUT2D eigenvalue weighted by Crippen LogP contribution is -2.18. The van der Waals surface area contributed by atoms with Crippen molar-refractivity contribution < 1.29 is 14.3 Å². The van der Waals surface area contributed by atoms with E-state index in [0.717, 1.165) is 5.92 Å². The standard InChI is InChI=1S/C21H22N2O3/c24-20(12-17-11-14-3-4-16(17)10-14)26-19-7-5-15(6-8-19)21(25)23-18-2-1-9-22-13-18/h1-2,5-9,13-14,16-17H,3-4,10-12H2,(H,23,25)/t14-,16-,17-/m0/s1. The average Bonchev–Trinajstić information content (AvgIpc) is 3.26. The summed E-state index contributed by atoms with van der Waals surface area (Å²) in [5, 5.41) is 2.77. The predicted molar refractivity (Wildman–Crippen MR) is 97.8 cm³/mol. The molecular weight excluding hydrogens is 328 g/mol. The van der Waals surface area contributed by atoms with E-state index in [1.807, 2.05) is 0 Å². The topological polar surface area (TPSA) is 68.3 Å². The molecule has 1 aromatic heterocycles. The molecule has 2 aliphatic rings. The molecule has 1 N–H and O–H groups in total. The number of aromatic nitrogens is 1. The quantitative estimate of drug-likeness (QED) is 0.652. The normalized spacial score (nSPS) is 23.6. The van der Waals surface area contributed by atoms with Crippen LogP contribution in [0.1, 0.15) is 42.5 Å². The minimum absolute atomic E-state index is 0.171. The molecule has 1 heterocycles. The number of rotatable bonds is 5. The Hall–Kier alpha value is -2.69. The Labute approximate surface area is 152 Å². The lowest BCUT2D eigenvalue weighted by atomic mass is 9.86. The number of hydrogen-bond donors (Lipinski definition) is 1. The van der Waals surface area contributed by atoms with Gasteiger partial charge < -0.3 is 10.1 Å². The van der Waals surface area contributed by atoms with E-state index in [4.69, 9.17) is 4.74 Å². The first-order valence-electron chi connectivity index (χ1n) is 9.19. The van der Waals surface area contributed by atoms with E-state index in [1.165, 1.54) is 25.7 Å². The molecule has 0 spiro atoms. The third-order valence-corrected chi connectivity index (χ3v) is 5.58. The van der Waals surface area contributed by atoms with E-state index < -0.39 is 0 Å². The third kappa shape index (κ3) is 3.77. The van der Waals surface area contributed by atoms with Crippen molar-refractivity contribution in [3.8, 4) is 5.75 Å². The van der Waals surface area contributed by atoms with Gasteiger partial charge in [-0.25, -0.2) is 0 Å². The number of esters is 1. The second-order valence-electron chi connectivity index (χ2n) is 7.33. The van der Waals surface area contributed by atoms with Crippen molar-refractivity contribution in [2.45, 2.75) is 32.1 Å². The highest BCUT2D eigenvalue weighted by Gasteiger charge is 2.40. The number of fused-ring (bicyclic) bond motifs is 2. The molecule has 3 atom stereocenters. The minimum Gasteiger partial charge on any atom is -0.427 e. The van der Waals surface area contributed by atoms with Crippen LogP contribution in [0, 0.1) is 17.8 Å². The van der Waals surface area contributed by atoms with Crippen LogP contribution >= 0.6 is 0 Å². The van der Waals surface area contributed by atoms with Crippen molar-refractivity contribution in [3.63, 3.8) is 0 Å². The molecule has 2 fully saturated rings. The zero-order valence-corrected chi connectivity index (χ0v) is 14.6. The Bertz CT molecular complexity index is 789. The van der Waals surface area contributed by atoms with E-state index in [1.54, 1.807) is 48.8 Å². The van der Waals surface area contributed by atoms with E-state index in [-0.39, 0.29) is 11.9 Å². The smallest absolute Gasteiger partial charge is 0.311 e. The van der Waals surface area contributed by atoms with Crippen LogP contribution in [0.4, 0.5) is 5.69 Å². The molecule has 2 bridgehead atoms. The van der Waals surface area contributed by atoms with E-state index in [9.17, 15) is 9.59 Å². The van der Waals surface area contributed by atoms with Gasteiger partial charge in [0, 0.05) is 18.2 Å². The van der Waals surface area contributed by atoms with Gasteiger partial charge >= 0.3 is 5.97 Å². The third-order valence-electron chi connectivity index (χ3n) is 5.58. The SMILES string of the molecule is O=C(C[C@@H]1C[C@H]2CC[C@H]1C2)Oc1ccc(C(=O)Nc2cccnc2)cc1. The minimum atomic E-state index is -0.224. The van der Waals surface area contributed by atoms with Crippen molar-refractivity contribution >= 4 is 17.6 Å². The highest BCUT2D eigenvalue weighted by atomic mass is 16.5. The van der Waals surface area contributed by atoms with Crippen LogP contribution in [0.2, 0.25) is 0 Å². The van der Waals surface area contributed by atoms with Gasteiger partial charge in [0.1, 0.15) is 5.75 Å².